The number of pyridine rings is 1. The van der Waals surface area contributed by atoms with Crippen molar-refractivity contribution in [1.29, 1.82) is 0 Å². The first-order chi connectivity index (χ1) is 12.2. The van der Waals surface area contributed by atoms with Crippen molar-refractivity contribution >= 4 is 11.5 Å². The third-order valence-electron chi connectivity index (χ3n) is 4.39. The molecule has 0 aliphatic heterocycles. The molecule has 124 valence electrons. The summed E-state index contributed by atoms with van der Waals surface area (Å²) >= 11 is 0. The molecule has 1 N–H and O–H groups in total. The second-order valence-corrected chi connectivity index (χ2v) is 6.14. The largest absolute Gasteiger partial charge is 0.365 e. The molecular formula is C20H19N5. The van der Waals surface area contributed by atoms with Crippen LogP contribution < -0.4 is 5.32 Å². The number of fused-ring (bicyclic) bond motifs is 1. The lowest BCUT2D eigenvalue weighted by Crippen LogP contribution is -2.04. The van der Waals surface area contributed by atoms with E-state index in [9.17, 15) is 0 Å². The van der Waals surface area contributed by atoms with Gasteiger partial charge < -0.3 is 5.32 Å². The summed E-state index contributed by atoms with van der Waals surface area (Å²) in [6, 6.07) is 14.3. The molecule has 4 rings (SSSR count). The SMILES string of the molecule is Cc1ccc(-c2cnc3ccc(NCc4ccncc4)nn23)cc1C. The third kappa shape index (κ3) is 3.08. The number of imidazole rings is 1. The molecular weight excluding hydrogens is 310 g/mol. The van der Waals surface area contributed by atoms with Gasteiger partial charge in [-0.25, -0.2) is 9.50 Å². The molecule has 0 spiro atoms. The van der Waals surface area contributed by atoms with Crippen LogP contribution in [0.2, 0.25) is 0 Å². The molecule has 5 heteroatoms. The average Bonchev–Trinajstić information content (AvgIpc) is 3.06. The Hall–Kier alpha value is -3.21. The minimum atomic E-state index is 0.703. The topological polar surface area (TPSA) is 55.1 Å². The average molecular weight is 329 g/mol. The van der Waals surface area contributed by atoms with E-state index in [-0.39, 0.29) is 0 Å². The molecule has 0 bridgehead atoms. The van der Waals surface area contributed by atoms with Crippen molar-refractivity contribution in [2.45, 2.75) is 20.4 Å². The van der Waals surface area contributed by atoms with Crippen LogP contribution in [-0.2, 0) is 6.54 Å². The summed E-state index contributed by atoms with van der Waals surface area (Å²) in [6.07, 6.45) is 5.46. The fourth-order valence-corrected chi connectivity index (χ4v) is 2.76. The predicted molar refractivity (Wildman–Crippen MR) is 99.5 cm³/mol. The van der Waals surface area contributed by atoms with E-state index in [4.69, 9.17) is 5.10 Å². The van der Waals surface area contributed by atoms with Crippen molar-refractivity contribution in [3.05, 3.63) is 77.7 Å². The summed E-state index contributed by atoms with van der Waals surface area (Å²) in [5.41, 5.74) is 6.66. The van der Waals surface area contributed by atoms with E-state index < -0.39 is 0 Å². The van der Waals surface area contributed by atoms with Gasteiger partial charge in [0.2, 0.25) is 0 Å². The van der Waals surface area contributed by atoms with E-state index in [1.807, 2.05) is 35.0 Å². The molecule has 0 radical (unpaired) electrons. The molecule has 0 amide bonds. The van der Waals surface area contributed by atoms with E-state index in [0.29, 0.717) is 6.54 Å². The molecule has 3 heterocycles. The lowest BCUT2D eigenvalue weighted by Gasteiger charge is -2.08. The van der Waals surface area contributed by atoms with E-state index in [2.05, 4.69) is 47.3 Å². The molecule has 5 nitrogen and oxygen atoms in total. The minimum absolute atomic E-state index is 0.703. The fourth-order valence-electron chi connectivity index (χ4n) is 2.76. The van der Waals surface area contributed by atoms with E-state index in [0.717, 1.165) is 28.3 Å². The number of anilines is 1. The summed E-state index contributed by atoms with van der Waals surface area (Å²) in [5.74, 6) is 0.812. The Labute approximate surface area is 146 Å². The maximum absolute atomic E-state index is 4.71. The third-order valence-corrected chi connectivity index (χ3v) is 4.39. The zero-order chi connectivity index (χ0) is 17.2. The lowest BCUT2D eigenvalue weighted by atomic mass is 10.0. The summed E-state index contributed by atoms with van der Waals surface area (Å²) in [6.45, 7) is 4.94. The number of aromatic nitrogens is 4. The number of hydrogen-bond donors (Lipinski definition) is 1. The van der Waals surface area contributed by atoms with Crippen LogP contribution in [0, 0.1) is 13.8 Å². The molecule has 1 aromatic carbocycles. The van der Waals surface area contributed by atoms with Gasteiger partial charge in [-0.1, -0.05) is 12.1 Å². The second kappa shape index (κ2) is 6.36. The summed E-state index contributed by atoms with van der Waals surface area (Å²) < 4.78 is 1.89. The Bertz CT molecular complexity index is 1020. The molecule has 3 aromatic heterocycles. The Kier molecular flexibility index (Phi) is 3.90. The maximum Gasteiger partial charge on any atom is 0.154 e. The van der Waals surface area contributed by atoms with Crippen LogP contribution in [0.3, 0.4) is 0 Å². The van der Waals surface area contributed by atoms with Crippen LogP contribution >= 0.6 is 0 Å². The fraction of sp³-hybridized carbons (Fsp3) is 0.150. The summed E-state index contributed by atoms with van der Waals surface area (Å²) in [4.78, 5) is 8.51. The smallest absolute Gasteiger partial charge is 0.154 e. The van der Waals surface area contributed by atoms with Gasteiger partial charge in [0.25, 0.3) is 0 Å². The van der Waals surface area contributed by atoms with E-state index in [1.165, 1.54) is 11.1 Å². The first-order valence-corrected chi connectivity index (χ1v) is 8.26. The summed E-state index contributed by atoms with van der Waals surface area (Å²) in [5, 5.41) is 8.06. The Balaban J connectivity index is 1.66. The highest BCUT2D eigenvalue weighted by Gasteiger charge is 2.09. The quantitative estimate of drug-likeness (QED) is 0.614. The molecule has 0 saturated carbocycles. The number of benzene rings is 1. The molecule has 25 heavy (non-hydrogen) atoms. The van der Waals surface area contributed by atoms with Crippen LogP contribution in [0.1, 0.15) is 16.7 Å². The van der Waals surface area contributed by atoms with Crippen LogP contribution in [0.25, 0.3) is 16.9 Å². The van der Waals surface area contributed by atoms with Gasteiger partial charge in [0.05, 0.1) is 11.9 Å². The van der Waals surface area contributed by atoms with E-state index >= 15 is 0 Å². The van der Waals surface area contributed by atoms with E-state index in [1.54, 1.807) is 12.4 Å². The Morgan fingerprint density at radius 1 is 0.960 bits per heavy atom. The molecule has 0 fully saturated rings. The first-order valence-electron chi connectivity index (χ1n) is 8.26. The van der Waals surface area contributed by atoms with Gasteiger partial charge in [-0.3, -0.25) is 4.98 Å². The molecule has 0 aliphatic carbocycles. The summed E-state index contributed by atoms with van der Waals surface area (Å²) in [7, 11) is 0. The van der Waals surface area contributed by atoms with Gasteiger partial charge in [0, 0.05) is 24.5 Å². The lowest BCUT2D eigenvalue weighted by molar-refractivity contribution is 0.930. The first kappa shape index (κ1) is 15.3. The highest BCUT2D eigenvalue weighted by molar-refractivity contribution is 5.65. The van der Waals surface area contributed by atoms with Crippen molar-refractivity contribution in [1.82, 2.24) is 19.6 Å². The van der Waals surface area contributed by atoms with Crippen LogP contribution in [-0.4, -0.2) is 19.6 Å². The van der Waals surface area contributed by atoms with Crippen molar-refractivity contribution in [3.63, 3.8) is 0 Å². The molecule has 4 aromatic rings. The van der Waals surface area contributed by atoms with Crippen LogP contribution in [0.15, 0.2) is 61.1 Å². The standard InChI is InChI=1S/C20H19N5/c1-14-3-4-17(11-15(14)2)18-13-23-20-6-5-19(24-25(18)20)22-12-16-7-9-21-10-8-16/h3-11,13H,12H2,1-2H3,(H,22,24). The zero-order valence-corrected chi connectivity index (χ0v) is 14.3. The van der Waals surface area contributed by atoms with Gasteiger partial charge in [-0.15, -0.1) is 5.10 Å². The van der Waals surface area contributed by atoms with Crippen LogP contribution in [0.4, 0.5) is 5.82 Å². The zero-order valence-electron chi connectivity index (χ0n) is 14.3. The van der Waals surface area contributed by atoms with Gasteiger partial charge in [0.15, 0.2) is 5.65 Å². The monoisotopic (exact) mass is 329 g/mol. The Morgan fingerprint density at radius 2 is 1.80 bits per heavy atom. The highest BCUT2D eigenvalue weighted by Crippen LogP contribution is 2.23. The Morgan fingerprint density at radius 3 is 2.60 bits per heavy atom. The molecule has 0 aliphatic rings. The number of nitrogens with one attached hydrogen (secondary N) is 1. The number of nitrogens with zero attached hydrogens (tertiary/aromatic N) is 4. The molecule has 0 atom stereocenters. The molecule has 0 unspecified atom stereocenters. The minimum Gasteiger partial charge on any atom is -0.365 e. The highest BCUT2D eigenvalue weighted by atomic mass is 15.3. The molecule has 0 saturated heterocycles. The van der Waals surface area contributed by atoms with Crippen molar-refractivity contribution in [2.24, 2.45) is 0 Å². The second-order valence-electron chi connectivity index (χ2n) is 6.14. The van der Waals surface area contributed by atoms with Gasteiger partial charge in [-0.05, 0) is 60.9 Å². The van der Waals surface area contributed by atoms with Crippen molar-refractivity contribution < 1.29 is 0 Å². The number of rotatable bonds is 4. The van der Waals surface area contributed by atoms with Gasteiger partial charge in [0.1, 0.15) is 5.82 Å². The predicted octanol–water partition coefficient (Wildman–Crippen LogP) is 4.02. The number of hydrogen-bond acceptors (Lipinski definition) is 4. The van der Waals surface area contributed by atoms with Crippen LogP contribution in [0.5, 0.6) is 0 Å². The van der Waals surface area contributed by atoms with Gasteiger partial charge >= 0.3 is 0 Å². The normalized spacial score (nSPS) is 11.0. The number of aryl methyl sites for hydroxylation is 2. The van der Waals surface area contributed by atoms with Gasteiger partial charge in [-0.2, -0.15) is 0 Å². The van der Waals surface area contributed by atoms with Crippen molar-refractivity contribution in [3.8, 4) is 11.3 Å². The van der Waals surface area contributed by atoms with Crippen molar-refractivity contribution in [2.75, 3.05) is 5.32 Å². The maximum atomic E-state index is 4.71.